The minimum absolute atomic E-state index is 0.0486. The van der Waals surface area contributed by atoms with Gasteiger partial charge in [-0.15, -0.1) is 0 Å². The number of methoxy groups -OCH3 is 1. The number of aromatic nitrogens is 1. The van der Waals surface area contributed by atoms with E-state index in [0.29, 0.717) is 42.0 Å². The molecule has 0 unspecified atom stereocenters. The van der Waals surface area contributed by atoms with Gasteiger partial charge < -0.3 is 10.1 Å². The Morgan fingerprint density at radius 1 is 1.00 bits per heavy atom. The average molecular weight is 418 g/mol. The zero-order valence-electron chi connectivity index (χ0n) is 17.3. The van der Waals surface area contributed by atoms with Crippen LogP contribution in [0.4, 0.5) is 10.5 Å². The summed E-state index contributed by atoms with van der Waals surface area (Å²) in [5.41, 5.74) is 1.96. The highest BCUT2D eigenvalue weighted by Gasteiger charge is 2.32. The number of rotatable bonds is 4. The van der Waals surface area contributed by atoms with Crippen LogP contribution >= 0.6 is 0 Å². The van der Waals surface area contributed by atoms with Gasteiger partial charge in [0.2, 0.25) is 0 Å². The van der Waals surface area contributed by atoms with E-state index in [1.54, 1.807) is 37.4 Å². The van der Waals surface area contributed by atoms with E-state index in [0.717, 1.165) is 5.39 Å². The van der Waals surface area contributed by atoms with Gasteiger partial charge in [-0.25, -0.2) is 19.8 Å². The molecule has 3 aromatic rings. The predicted molar refractivity (Wildman–Crippen MR) is 116 cm³/mol. The number of urea groups is 1. The maximum atomic E-state index is 13.2. The molecule has 1 aliphatic heterocycles. The van der Waals surface area contributed by atoms with Crippen LogP contribution in [-0.4, -0.2) is 52.9 Å². The molecular weight excluding hydrogens is 396 g/mol. The number of ether oxygens (including phenoxy) is 1. The molecule has 0 atom stereocenters. The van der Waals surface area contributed by atoms with Gasteiger partial charge in [-0.1, -0.05) is 12.1 Å². The first kappa shape index (κ1) is 20.3. The Balaban J connectivity index is 1.55. The number of carbonyl (C=O) groups excluding carboxylic acids is 3. The smallest absolute Gasteiger partial charge is 0.340 e. The third-order valence-corrected chi connectivity index (χ3v) is 5.16. The van der Waals surface area contributed by atoms with Crippen LogP contribution in [0.5, 0.6) is 5.75 Å². The molecule has 0 saturated carbocycles. The number of hydrogen-bond acceptors (Lipinski definition) is 5. The maximum absolute atomic E-state index is 13.2. The van der Waals surface area contributed by atoms with E-state index in [-0.39, 0.29) is 17.4 Å². The minimum Gasteiger partial charge on any atom is -0.496 e. The first-order valence-corrected chi connectivity index (χ1v) is 9.93. The number of hydrazine groups is 1. The number of hydrogen-bond donors (Lipinski definition) is 1. The van der Waals surface area contributed by atoms with E-state index in [4.69, 9.17) is 4.74 Å². The highest BCUT2D eigenvalue weighted by Crippen LogP contribution is 2.26. The van der Waals surface area contributed by atoms with Crippen LogP contribution < -0.4 is 10.1 Å². The molecule has 31 heavy (non-hydrogen) atoms. The third-order valence-electron chi connectivity index (χ3n) is 5.16. The van der Waals surface area contributed by atoms with Crippen molar-refractivity contribution < 1.29 is 19.1 Å². The zero-order valence-corrected chi connectivity index (χ0v) is 17.3. The molecule has 1 N–H and O–H groups in total. The van der Waals surface area contributed by atoms with Crippen molar-refractivity contribution in [1.82, 2.24) is 15.0 Å². The van der Waals surface area contributed by atoms with E-state index >= 15 is 0 Å². The summed E-state index contributed by atoms with van der Waals surface area (Å²) in [4.78, 5) is 41.9. The first-order valence-electron chi connectivity index (χ1n) is 9.93. The highest BCUT2D eigenvalue weighted by atomic mass is 16.5. The van der Waals surface area contributed by atoms with Crippen LogP contribution in [0.25, 0.3) is 10.9 Å². The minimum atomic E-state index is -0.422. The number of nitrogens with one attached hydrogen (secondary N) is 1. The standard InChI is InChI=1S/C23H22N4O4/c1-15(28)16-8-10-17(11-9-16)24-23(30)27-13-5-12-26(27)22(29)20-14-21(31-2)18-6-3-4-7-19(18)25-20/h3-4,6-11,14H,5,12-13H2,1-2H3,(H,24,30). The molecule has 4 rings (SSSR count). The van der Waals surface area contributed by atoms with Crippen molar-refractivity contribution in [2.45, 2.75) is 13.3 Å². The van der Waals surface area contributed by atoms with Gasteiger partial charge in [0.1, 0.15) is 11.4 Å². The molecule has 1 aromatic heterocycles. The molecule has 1 aliphatic rings. The van der Waals surface area contributed by atoms with E-state index in [2.05, 4.69) is 10.3 Å². The second-order valence-corrected chi connectivity index (χ2v) is 7.20. The number of fused-ring (bicyclic) bond motifs is 1. The monoisotopic (exact) mass is 418 g/mol. The van der Waals surface area contributed by atoms with Gasteiger partial charge in [0.25, 0.3) is 5.91 Å². The summed E-state index contributed by atoms with van der Waals surface area (Å²) in [5.74, 6) is 0.130. The van der Waals surface area contributed by atoms with E-state index in [1.165, 1.54) is 16.9 Å². The molecule has 2 heterocycles. The quantitative estimate of drug-likeness (QED) is 0.652. The summed E-state index contributed by atoms with van der Waals surface area (Å²) in [7, 11) is 1.54. The second-order valence-electron chi connectivity index (χ2n) is 7.20. The molecule has 0 aliphatic carbocycles. The lowest BCUT2D eigenvalue weighted by Crippen LogP contribution is -2.47. The molecule has 1 saturated heterocycles. The Morgan fingerprint density at radius 2 is 1.71 bits per heavy atom. The van der Waals surface area contributed by atoms with Gasteiger partial charge in [0.05, 0.1) is 12.6 Å². The Kier molecular flexibility index (Phi) is 5.53. The topological polar surface area (TPSA) is 91.8 Å². The fourth-order valence-corrected chi connectivity index (χ4v) is 3.56. The van der Waals surface area contributed by atoms with Gasteiger partial charge in [-0.3, -0.25) is 9.59 Å². The summed E-state index contributed by atoms with van der Waals surface area (Å²) in [6, 6.07) is 15.2. The van der Waals surface area contributed by atoms with Crippen molar-refractivity contribution >= 4 is 34.3 Å². The number of para-hydroxylation sites is 1. The Hall–Kier alpha value is -3.94. The van der Waals surface area contributed by atoms with E-state index in [9.17, 15) is 14.4 Å². The van der Waals surface area contributed by atoms with Crippen LogP contribution in [-0.2, 0) is 0 Å². The van der Waals surface area contributed by atoms with Crippen molar-refractivity contribution in [2.75, 3.05) is 25.5 Å². The summed E-state index contributed by atoms with van der Waals surface area (Å²) >= 11 is 0. The van der Waals surface area contributed by atoms with Gasteiger partial charge in [-0.2, -0.15) is 0 Å². The average Bonchev–Trinajstić information content (AvgIpc) is 3.28. The summed E-state index contributed by atoms with van der Waals surface area (Å²) < 4.78 is 5.43. The molecule has 1 fully saturated rings. The Morgan fingerprint density at radius 3 is 2.42 bits per heavy atom. The van der Waals surface area contributed by atoms with Crippen molar-refractivity contribution in [2.24, 2.45) is 0 Å². The number of benzene rings is 2. The number of anilines is 1. The van der Waals surface area contributed by atoms with E-state index in [1.807, 2.05) is 24.3 Å². The molecular formula is C23H22N4O4. The van der Waals surface area contributed by atoms with Crippen LogP contribution in [0.1, 0.15) is 34.2 Å². The molecule has 158 valence electrons. The molecule has 0 radical (unpaired) electrons. The molecule has 3 amide bonds. The number of Topliss-reactive ketones (excluding diaryl/α,β-unsaturated/α-hetero) is 1. The van der Waals surface area contributed by atoms with Crippen molar-refractivity contribution in [3.05, 3.63) is 65.9 Å². The maximum Gasteiger partial charge on any atom is 0.340 e. The predicted octanol–water partition coefficient (Wildman–Crippen LogP) is 3.74. The van der Waals surface area contributed by atoms with E-state index < -0.39 is 6.03 Å². The summed E-state index contributed by atoms with van der Waals surface area (Å²) in [6.07, 6.45) is 0.660. The third kappa shape index (κ3) is 4.05. The molecule has 2 aromatic carbocycles. The Labute approximate surface area is 179 Å². The Bertz CT molecular complexity index is 1160. The second kappa shape index (κ2) is 8.43. The van der Waals surface area contributed by atoms with Crippen molar-refractivity contribution in [3.63, 3.8) is 0 Å². The lowest BCUT2D eigenvalue weighted by Gasteiger charge is -2.27. The van der Waals surface area contributed by atoms with Gasteiger partial charge in [-0.05, 0) is 49.7 Å². The molecule has 0 spiro atoms. The number of nitrogens with zero attached hydrogens (tertiary/aromatic N) is 3. The fourth-order valence-electron chi connectivity index (χ4n) is 3.56. The number of amides is 3. The van der Waals surface area contributed by atoms with Crippen LogP contribution in [0.2, 0.25) is 0 Å². The van der Waals surface area contributed by atoms with Gasteiger partial charge in [0.15, 0.2) is 5.78 Å². The van der Waals surface area contributed by atoms with Gasteiger partial charge >= 0.3 is 6.03 Å². The van der Waals surface area contributed by atoms with Crippen LogP contribution in [0.15, 0.2) is 54.6 Å². The normalized spacial score (nSPS) is 13.4. The lowest BCUT2D eigenvalue weighted by molar-refractivity contribution is 0.0398. The lowest BCUT2D eigenvalue weighted by atomic mass is 10.1. The first-order chi connectivity index (χ1) is 15.0. The number of pyridine rings is 1. The largest absolute Gasteiger partial charge is 0.496 e. The number of ketones is 1. The van der Waals surface area contributed by atoms with Crippen LogP contribution in [0, 0.1) is 0 Å². The molecule has 8 heteroatoms. The van der Waals surface area contributed by atoms with Crippen LogP contribution in [0.3, 0.4) is 0 Å². The fraction of sp³-hybridized carbons (Fsp3) is 0.217. The van der Waals surface area contributed by atoms with Crippen molar-refractivity contribution in [1.29, 1.82) is 0 Å². The SMILES string of the molecule is COc1cc(C(=O)N2CCCN2C(=O)Nc2ccc(C(C)=O)cc2)nc2ccccc12. The highest BCUT2D eigenvalue weighted by molar-refractivity contribution is 5.99. The molecule has 8 nitrogen and oxygen atoms in total. The van der Waals surface area contributed by atoms with Crippen molar-refractivity contribution in [3.8, 4) is 5.75 Å². The zero-order chi connectivity index (χ0) is 22.0. The summed E-state index contributed by atoms with van der Waals surface area (Å²) in [5, 5.41) is 6.37. The molecule has 0 bridgehead atoms. The van der Waals surface area contributed by atoms with Gasteiger partial charge in [0, 0.05) is 35.8 Å². The summed E-state index contributed by atoms with van der Waals surface area (Å²) in [6.45, 7) is 2.30. The number of carbonyl (C=O) groups is 3.